The number of hydrogen-bond acceptors (Lipinski definition) is 3. The van der Waals surface area contributed by atoms with Gasteiger partial charge in [-0.1, -0.05) is 0 Å². The minimum atomic E-state index is 0.642. The van der Waals surface area contributed by atoms with Crippen LogP contribution in [0.2, 0.25) is 0 Å². The molecule has 0 unspecified atom stereocenters. The molecule has 0 aromatic rings. The first-order valence-corrected chi connectivity index (χ1v) is 2.22. The van der Waals surface area contributed by atoms with Crippen LogP contribution < -0.4 is 5.43 Å². The number of hydrogen-bond donors (Lipinski definition) is 1. The van der Waals surface area contributed by atoms with Gasteiger partial charge in [0.05, 0.1) is 7.11 Å². The second-order valence-electron chi connectivity index (χ2n) is 1.25. The summed E-state index contributed by atoms with van der Waals surface area (Å²) in [4.78, 5) is 0. The first-order chi connectivity index (χ1) is 3.93. The monoisotopic (exact) mass is 110 g/mol. The molecule has 0 amide bonds. The fourth-order valence-corrected chi connectivity index (χ4v) is 0.389. The fraction of sp³-hybridized carbons (Fsp3) is 0.200. The number of hydrazone groups is 1. The molecule has 0 aromatic heterocycles. The van der Waals surface area contributed by atoms with Crippen LogP contribution in [0, 0.1) is 0 Å². The van der Waals surface area contributed by atoms with Gasteiger partial charge >= 0.3 is 0 Å². The van der Waals surface area contributed by atoms with E-state index < -0.39 is 0 Å². The summed E-state index contributed by atoms with van der Waals surface area (Å²) < 4.78 is 4.78. The average Bonchev–Trinajstić information content (AvgIpc) is 1.90. The normalized spacial score (nSPS) is 14.9. The molecule has 1 heterocycles. The predicted octanol–water partition coefficient (Wildman–Crippen LogP) is 0.218. The molecule has 0 radical (unpaired) electrons. The van der Waals surface area contributed by atoms with Crippen molar-refractivity contribution in [2.24, 2.45) is 5.10 Å². The SMILES string of the molecule is COC1=CC=C=NN1. The number of ether oxygens (including phenoxy) is 1. The Bertz CT molecular complexity index is 165. The lowest BCUT2D eigenvalue weighted by molar-refractivity contribution is 0.263. The summed E-state index contributed by atoms with van der Waals surface area (Å²) in [5, 5.41) is 3.58. The summed E-state index contributed by atoms with van der Waals surface area (Å²) in [6, 6.07) is 0. The van der Waals surface area contributed by atoms with Crippen LogP contribution in [0.3, 0.4) is 0 Å². The molecule has 1 rings (SSSR count). The van der Waals surface area contributed by atoms with Gasteiger partial charge in [0.1, 0.15) is 0 Å². The van der Waals surface area contributed by atoms with E-state index in [-0.39, 0.29) is 0 Å². The lowest BCUT2D eigenvalue weighted by atomic mass is 10.5. The Labute approximate surface area is 47.3 Å². The molecule has 0 bridgehead atoms. The molecule has 0 atom stereocenters. The number of methoxy groups -OCH3 is 1. The zero-order valence-corrected chi connectivity index (χ0v) is 4.51. The van der Waals surface area contributed by atoms with Crippen molar-refractivity contribution in [3.05, 3.63) is 18.0 Å². The summed E-state index contributed by atoms with van der Waals surface area (Å²) in [6.45, 7) is 0. The molecule has 0 spiro atoms. The van der Waals surface area contributed by atoms with Crippen molar-refractivity contribution in [2.75, 3.05) is 7.11 Å². The summed E-state index contributed by atoms with van der Waals surface area (Å²) in [7, 11) is 1.58. The zero-order chi connectivity index (χ0) is 5.82. The Kier molecular flexibility index (Phi) is 1.35. The highest BCUT2D eigenvalue weighted by Gasteiger charge is 1.89. The van der Waals surface area contributed by atoms with Crippen LogP contribution in [-0.2, 0) is 4.74 Å². The minimum absolute atomic E-state index is 0.642. The van der Waals surface area contributed by atoms with Crippen molar-refractivity contribution in [3.63, 3.8) is 0 Å². The van der Waals surface area contributed by atoms with Crippen LogP contribution in [0.1, 0.15) is 0 Å². The second kappa shape index (κ2) is 2.19. The maximum atomic E-state index is 4.78. The number of allylic oxidation sites excluding steroid dienone is 2. The standard InChI is InChI=1S/C5H6N2O/c1-8-5-3-2-4-6-7-5/h2-3,7H,1H3. The van der Waals surface area contributed by atoms with Gasteiger partial charge in [-0.25, -0.2) is 5.43 Å². The quantitative estimate of drug-likeness (QED) is 0.523. The van der Waals surface area contributed by atoms with Crippen molar-refractivity contribution < 1.29 is 4.74 Å². The van der Waals surface area contributed by atoms with Gasteiger partial charge in [-0.05, 0) is 0 Å². The van der Waals surface area contributed by atoms with Crippen LogP contribution in [-0.4, -0.2) is 13.0 Å². The molecule has 3 heteroatoms. The van der Waals surface area contributed by atoms with Gasteiger partial charge in [0, 0.05) is 18.0 Å². The average molecular weight is 110 g/mol. The smallest absolute Gasteiger partial charge is 0.208 e. The van der Waals surface area contributed by atoms with Gasteiger partial charge in [0.15, 0.2) is 0 Å². The Balaban J connectivity index is 2.63. The van der Waals surface area contributed by atoms with Gasteiger partial charge in [0.2, 0.25) is 5.88 Å². The van der Waals surface area contributed by atoms with Gasteiger partial charge in [-0.2, -0.15) is 0 Å². The summed E-state index contributed by atoms with van der Waals surface area (Å²) in [5.41, 5.74) is 2.59. The van der Waals surface area contributed by atoms with Crippen molar-refractivity contribution in [1.29, 1.82) is 0 Å². The molecular weight excluding hydrogens is 104 g/mol. The van der Waals surface area contributed by atoms with Gasteiger partial charge < -0.3 is 4.74 Å². The molecule has 1 aliphatic heterocycles. The maximum absolute atomic E-state index is 4.78. The molecule has 3 nitrogen and oxygen atoms in total. The summed E-state index contributed by atoms with van der Waals surface area (Å²) >= 11 is 0. The third kappa shape index (κ3) is 0.891. The minimum Gasteiger partial charge on any atom is -0.481 e. The van der Waals surface area contributed by atoms with E-state index in [0.29, 0.717) is 5.88 Å². The van der Waals surface area contributed by atoms with Crippen LogP contribution in [0.4, 0.5) is 0 Å². The lowest BCUT2D eigenvalue weighted by Crippen LogP contribution is -2.07. The maximum Gasteiger partial charge on any atom is 0.208 e. The first kappa shape index (κ1) is 4.94. The van der Waals surface area contributed by atoms with E-state index in [1.165, 1.54) is 0 Å². The highest BCUT2D eigenvalue weighted by Crippen LogP contribution is 1.90. The second-order valence-corrected chi connectivity index (χ2v) is 1.25. The molecule has 1 N–H and O–H groups in total. The predicted molar refractivity (Wildman–Crippen MR) is 30.2 cm³/mol. The molecule has 8 heavy (non-hydrogen) atoms. The van der Waals surface area contributed by atoms with Crippen molar-refractivity contribution in [1.82, 2.24) is 5.43 Å². The largest absolute Gasteiger partial charge is 0.481 e. The molecule has 0 saturated heterocycles. The van der Waals surface area contributed by atoms with E-state index in [0.717, 1.165) is 0 Å². The van der Waals surface area contributed by atoms with Crippen molar-refractivity contribution >= 4 is 5.87 Å². The molecule has 0 fully saturated rings. The molecule has 1 aliphatic rings. The van der Waals surface area contributed by atoms with Crippen molar-refractivity contribution in [2.45, 2.75) is 0 Å². The third-order valence-electron chi connectivity index (χ3n) is 0.760. The summed E-state index contributed by atoms with van der Waals surface area (Å²) in [6.07, 6.45) is 3.42. The Hall–Kier alpha value is -1.21. The van der Waals surface area contributed by atoms with Crippen LogP contribution in [0.5, 0.6) is 0 Å². The van der Waals surface area contributed by atoms with E-state index in [2.05, 4.69) is 16.4 Å². The Morgan fingerprint density at radius 3 is 3.12 bits per heavy atom. The van der Waals surface area contributed by atoms with Crippen LogP contribution in [0.25, 0.3) is 0 Å². The topological polar surface area (TPSA) is 33.6 Å². The zero-order valence-electron chi connectivity index (χ0n) is 4.51. The highest BCUT2D eigenvalue weighted by molar-refractivity contribution is 5.55. The fourth-order valence-electron chi connectivity index (χ4n) is 0.389. The van der Waals surface area contributed by atoms with Gasteiger partial charge in [0.25, 0.3) is 0 Å². The molecule has 0 aromatic carbocycles. The summed E-state index contributed by atoms with van der Waals surface area (Å²) in [5.74, 6) is 3.22. The Morgan fingerprint density at radius 2 is 2.75 bits per heavy atom. The van der Waals surface area contributed by atoms with E-state index in [4.69, 9.17) is 4.74 Å². The molecule has 0 saturated carbocycles. The van der Waals surface area contributed by atoms with E-state index >= 15 is 0 Å². The lowest BCUT2D eigenvalue weighted by Gasteiger charge is -2.02. The van der Waals surface area contributed by atoms with Crippen LogP contribution in [0.15, 0.2) is 23.1 Å². The van der Waals surface area contributed by atoms with Crippen molar-refractivity contribution in [3.8, 4) is 0 Å². The number of nitrogens with one attached hydrogen (secondary N) is 1. The Morgan fingerprint density at radius 1 is 1.88 bits per heavy atom. The molecular formula is C5H6N2O. The number of rotatable bonds is 1. The third-order valence-corrected chi connectivity index (χ3v) is 0.760. The van der Waals surface area contributed by atoms with E-state index in [9.17, 15) is 0 Å². The molecule has 0 aliphatic carbocycles. The first-order valence-electron chi connectivity index (χ1n) is 2.22. The highest BCUT2D eigenvalue weighted by atomic mass is 16.5. The van der Waals surface area contributed by atoms with Gasteiger partial charge in [-0.3, -0.25) is 0 Å². The van der Waals surface area contributed by atoms with E-state index in [1.807, 2.05) is 0 Å². The molecule has 42 valence electrons. The van der Waals surface area contributed by atoms with Crippen LogP contribution >= 0.6 is 0 Å². The van der Waals surface area contributed by atoms with E-state index in [1.54, 1.807) is 19.3 Å². The number of nitrogens with zero attached hydrogens (tertiary/aromatic N) is 1. The van der Waals surface area contributed by atoms with Gasteiger partial charge in [-0.15, -0.1) is 5.10 Å².